The first kappa shape index (κ1) is 22.2. The lowest BCUT2D eigenvalue weighted by Crippen LogP contribution is -2.44. The van der Waals surface area contributed by atoms with Gasteiger partial charge in [-0.2, -0.15) is 0 Å². The maximum atomic E-state index is 14.1. The molecule has 1 spiro atoms. The Morgan fingerprint density at radius 1 is 0.971 bits per heavy atom. The van der Waals surface area contributed by atoms with Gasteiger partial charge in [-0.25, -0.2) is 0 Å². The molecular weight excluding hydrogens is 446 g/mol. The molecule has 6 rings (SSSR count). The van der Waals surface area contributed by atoms with Gasteiger partial charge in [-0.1, -0.05) is 19.1 Å². The van der Waals surface area contributed by atoms with Crippen LogP contribution < -0.4 is 14.7 Å². The average molecular weight is 476 g/mol. The van der Waals surface area contributed by atoms with Crippen molar-refractivity contribution in [2.75, 3.05) is 34.4 Å². The van der Waals surface area contributed by atoms with Crippen LogP contribution in [0.4, 0.5) is 17.1 Å². The predicted molar refractivity (Wildman–Crippen MR) is 130 cm³/mol. The number of nitrogens with zero attached hydrogens (tertiary/aromatic N) is 3. The smallest absolute Gasteiger partial charge is 0.264 e. The predicted octanol–water partition coefficient (Wildman–Crippen LogP) is 2.71. The van der Waals surface area contributed by atoms with E-state index in [0.717, 1.165) is 34.7 Å². The third-order valence-corrected chi connectivity index (χ3v) is 7.95. The van der Waals surface area contributed by atoms with Gasteiger partial charge in [0.15, 0.2) is 5.60 Å². The van der Waals surface area contributed by atoms with Gasteiger partial charge in [0.2, 0.25) is 11.8 Å². The molecule has 0 aliphatic carbocycles. The first-order valence-corrected chi connectivity index (χ1v) is 12.4. The van der Waals surface area contributed by atoms with Crippen LogP contribution in [-0.4, -0.2) is 48.6 Å². The fourth-order valence-electron chi connectivity index (χ4n) is 5.85. The Balaban J connectivity index is 1.35. The summed E-state index contributed by atoms with van der Waals surface area (Å²) in [6.07, 6.45) is 2.09. The first-order valence-electron chi connectivity index (χ1n) is 12.4. The molecule has 35 heavy (non-hydrogen) atoms. The Bertz CT molecular complexity index is 1210. The van der Waals surface area contributed by atoms with Crippen LogP contribution in [0.2, 0.25) is 0 Å². The van der Waals surface area contributed by atoms with E-state index in [4.69, 9.17) is 4.74 Å². The molecule has 182 valence electrons. The summed E-state index contributed by atoms with van der Waals surface area (Å²) in [6.45, 7) is 3.84. The van der Waals surface area contributed by atoms with E-state index in [1.807, 2.05) is 49.4 Å². The minimum Gasteiger partial charge on any atom is -0.396 e. The minimum absolute atomic E-state index is 0.00637. The molecule has 2 aromatic carbocycles. The number of ether oxygens (including phenoxy) is 1. The number of anilines is 3. The minimum atomic E-state index is -1.12. The van der Waals surface area contributed by atoms with Gasteiger partial charge in [0.1, 0.15) is 0 Å². The van der Waals surface area contributed by atoms with Gasteiger partial charge in [0.05, 0.1) is 18.3 Å². The average Bonchev–Trinajstić information content (AvgIpc) is 3.28. The topological polar surface area (TPSA) is 90.4 Å². The highest BCUT2D eigenvalue weighted by Gasteiger charge is 2.60. The molecule has 8 heteroatoms. The molecule has 3 fully saturated rings. The highest BCUT2D eigenvalue weighted by molar-refractivity contribution is 6.08. The summed E-state index contributed by atoms with van der Waals surface area (Å²) in [4.78, 5) is 43.2. The number of carbonyl (C=O) groups is 3. The summed E-state index contributed by atoms with van der Waals surface area (Å²) in [7, 11) is 0. The molecular formula is C27H29N3O5. The summed E-state index contributed by atoms with van der Waals surface area (Å²) in [5, 5.41) is 9.49. The van der Waals surface area contributed by atoms with Crippen molar-refractivity contribution in [1.82, 2.24) is 0 Å². The van der Waals surface area contributed by atoms with Gasteiger partial charge in [-0.3, -0.25) is 14.4 Å². The molecule has 4 aliphatic rings. The molecule has 0 radical (unpaired) electrons. The molecule has 0 aromatic heterocycles. The van der Waals surface area contributed by atoms with E-state index in [0.29, 0.717) is 38.8 Å². The second-order valence-corrected chi connectivity index (χ2v) is 9.97. The molecule has 4 aliphatic heterocycles. The second-order valence-electron chi connectivity index (χ2n) is 9.97. The van der Waals surface area contributed by atoms with Gasteiger partial charge < -0.3 is 24.5 Å². The normalized spacial score (nSPS) is 27.5. The number of fused-ring (bicyclic) bond motifs is 2. The van der Waals surface area contributed by atoms with Crippen molar-refractivity contribution in [1.29, 1.82) is 0 Å². The number of rotatable bonds is 6. The van der Waals surface area contributed by atoms with Crippen LogP contribution in [0.25, 0.3) is 0 Å². The van der Waals surface area contributed by atoms with Crippen molar-refractivity contribution < 1.29 is 24.2 Å². The van der Waals surface area contributed by atoms with Crippen LogP contribution >= 0.6 is 0 Å². The Labute approximate surface area is 204 Å². The van der Waals surface area contributed by atoms with Crippen molar-refractivity contribution in [2.45, 2.75) is 50.9 Å². The highest BCUT2D eigenvalue weighted by atomic mass is 16.5. The zero-order valence-electron chi connectivity index (χ0n) is 19.8. The Kier molecular flexibility index (Phi) is 5.19. The molecule has 3 atom stereocenters. The van der Waals surface area contributed by atoms with Crippen LogP contribution in [0.1, 0.15) is 43.7 Å². The number of β-lactam (4-membered cyclic amide) rings is 2. The van der Waals surface area contributed by atoms with Crippen molar-refractivity contribution in [3.63, 3.8) is 0 Å². The van der Waals surface area contributed by atoms with Gasteiger partial charge in [0, 0.05) is 55.4 Å². The number of hydrogen-bond acceptors (Lipinski definition) is 5. The molecule has 0 unspecified atom stereocenters. The second kappa shape index (κ2) is 8.17. The van der Waals surface area contributed by atoms with Gasteiger partial charge >= 0.3 is 0 Å². The van der Waals surface area contributed by atoms with Crippen LogP contribution in [0, 0.1) is 5.92 Å². The van der Waals surface area contributed by atoms with E-state index < -0.39 is 5.60 Å². The zero-order valence-corrected chi connectivity index (χ0v) is 19.8. The third-order valence-electron chi connectivity index (χ3n) is 7.95. The molecule has 8 nitrogen and oxygen atoms in total. The number of carbonyl (C=O) groups excluding carboxylic acids is 3. The summed E-state index contributed by atoms with van der Waals surface area (Å²) in [5.41, 5.74) is 3.10. The van der Waals surface area contributed by atoms with Gasteiger partial charge in [-0.15, -0.1) is 0 Å². The SMILES string of the molecule is C[C@@H]1C[C@H](CCO)O[C@@]12C(=O)N(Cc1ccc(N3CCC3=O)cc1)c1ccc(N3CCC3=O)cc12. The number of aliphatic hydroxyl groups is 1. The van der Waals surface area contributed by atoms with E-state index in [1.54, 1.807) is 14.7 Å². The quantitative estimate of drug-likeness (QED) is 0.649. The Morgan fingerprint density at radius 3 is 2.23 bits per heavy atom. The van der Waals surface area contributed by atoms with Gasteiger partial charge in [0.25, 0.3) is 5.91 Å². The number of hydrogen-bond donors (Lipinski definition) is 1. The van der Waals surface area contributed by atoms with E-state index in [1.165, 1.54) is 0 Å². The van der Waals surface area contributed by atoms with Crippen molar-refractivity contribution in [3.8, 4) is 0 Å². The van der Waals surface area contributed by atoms with E-state index in [9.17, 15) is 19.5 Å². The van der Waals surface area contributed by atoms with Crippen molar-refractivity contribution >= 4 is 34.8 Å². The fraction of sp³-hybridized carbons (Fsp3) is 0.444. The standard InChI is InChI=1S/C27H29N3O5/c1-17-14-21(10-13-31)35-27(17)22-15-20(29-12-9-25(29)33)6-7-23(22)30(26(27)34)16-18-2-4-19(5-3-18)28-11-8-24(28)32/h2-7,15,17,21,31H,8-14,16H2,1H3/t17-,21+,27+/m1/s1. The van der Waals surface area contributed by atoms with Crippen LogP contribution in [-0.2, 0) is 31.3 Å². The molecule has 2 aromatic rings. The lowest BCUT2D eigenvalue weighted by Gasteiger charge is -2.32. The van der Waals surface area contributed by atoms with Gasteiger partial charge in [-0.05, 0) is 48.7 Å². The summed E-state index contributed by atoms with van der Waals surface area (Å²) >= 11 is 0. The molecule has 1 N–H and O–H groups in total. The van der Waals surface area contributed by atoms with Crippen LogP contribution in [0.15, 0.2) is 42.5 Å². The van der Waals surface area contributed by atoms with E-state index in [-0.39, 0.29) is 36.4 Å². The number of benzene rings is 2. The Hall–Kier alpha value is -3.23. The largest absolute Gasteiger partial charge is 0.396 e. The zero-order chi connectivity index (χ0) is 24.3. The summed E-state index contributed by atoms with van der Waals surface area (Å²) in [5.74, 6) is 0.0381. The van der Waals surface area contributed by atoms with Crippen molar-refractivity contribution in [2.24, 2.45) is 5.92 Å². The molecule has 0 saturated carbocycles. The van der Waals surface area contributed by atoms with Crippen LogP contribution in [0.5, 0.6) is 0 Å². The van der Waals surface area contributed by atoms with Crippen LogP contribution in [0.3, 0.4) is 0 Å². The summed E-state index contributed by atoms with van der Waals surface area (Å²) in [6, 6.07) is 13.5. The third kappa shape index (κ3) is 3.31. The maximum Gasteiger partial charge on any atom is 0.264 e. The number of aliphatic hydroxyl groups excluding tert-OH is 1. The lowest BCUT2D eigenvalue weighted by atomic mass is 9.82. The molecule has 0 bridgehead atoms. The number of amides is 3. The van der Waals surface area contributed by atoms with Crippen molar-refractivity contribution in [3.05, 3.63) is 53.6 Å². The fourth-order valence-corrected chi connectivity index (χ4v) is 5.85. The molecule has 4 heterocycles. The molecule has 3 saturated heterocycles. The first-order chi connectivity index (χ1) is 16.9. The Morgan fingerprint density at radius 2 is 1.63 bits per heavy atom. The highest BCUT2D eigenvalue weighted by Crippen LogP contribution is 2.54. The van der Waals surface area contributed by atoms with E-state index in [2.05, 4.69) is 0 Å². The lowest BCUT2D eigenvalue weighted by molar-refractivity contribution is -0.146. The van der Waals surface area contributed by atoms with E-state index >= 15 is 0 Å². The summed E-state index contributed by atoms with van der Waals surface area (Å²) < 4.78 is 6.47. The molecule has 3 amide bonds. The maximum absolute atomic E-state index is 14.1. The monoisotopic (exact) mass is 475 g/mol.